The van der Waals surface area contributed by atoms with Crippen LogP contribution in [0, 0.1) is 0 Å². The van der Waals surface area contributed by atoms with E-state index in [4.69, 9.17) is 19.6 Å². The number of nitrogens with zero attached hydrogens (tertiary/aromatic N) is 2. The summed E-state index contributed by atoms with van der Waals surface area (Å²) in [5, 5.41) is 19.3. The van der Waals surface area contributed by atoms with Crippen LogP contribution in [0.1, 0.15) is 11.7 Å². The molecule has 1 aliphatic rings. The first-order valence-corrected chi connectivity index (χ1v) is 6.12. The highest BCUT2D eigenvalue weighted by Crippen LogP contribution is 2.39. The monoisotopic (exact) mass is 281 g/mol. The summed E-state index contributed by atoms with van der Waals surface area (Å²) in [4.78, 5) is 7.97. The van der Waals surface area contributed by atoms with Crippen molar-refractivity contribution < 1.29 is 24.1 Å². The molecule has 108 valence electrons. The largest absolute Gasteiger partial charge is 0.458 e. The van der Waals surface area contributed by atoms with Crippen LogP contribution in [0.5, 0.6) is 0 Å². The molecule has 1 fully saturated rings. The molecule has 4 atom stereocenters. The van der Waals surface area contributed by atoms with Crippen LogP contribution in [0.25, 0.3) is 11.1 Å². The third-order valence-electron chi connectivity index (χ3n) is 3.50. The van der Waals surface area contributed by atoms with Gasteiger partial charge in [0.25, 0.3) is 0 Å². The molecule has 0 amide bonds. The zero-order chi connectivity index (χ0) is 14.3. The minimum absolute atomic E-state index is 0.229. The minimum atomic E-state index is -0.931. The molecule has 0 bridgehead atoms. The van der Waals surface area contributed by atoms with Crippen LogP contribution in [0.15, 0.2) is 17.0 Å². The number of anilines is 1. The summed E-state index contributed by atoms with van der Waals surface area (Å²) in [5.41, 5.74) is 7.19. The van der Waals surface area contributed by atoms with Crippen LogP contribution in [0.3, 0.4) is 0 Å². The fourth-order valence-electron chi connectivity index (χ4n) is 2.49. The van der Waals surface area contributed by atoms with E-state index < -0.39 is 24.4 Å². The Morgan fingerprint density at radius 1 is 1.45 bits per heavy atom. The van der Waals surface area contributed by atoms with E-state index in [9.17, 15) is 10.2 Å². The van der Waals surface area contributed by atoms with Gasteiger partial charge in [-0.3, -0.25) is 0 Å². The highest BCUT2D eigenvalue weighted by Gasteiger charge is 2.45. The molecule has 8 heteroatoms. The SMILES string of the molecule is CO[C@@H]1[C@H](O)[C@@H](CO)O[C@H]1c1coc2c(N)ncnc12. The van der Waals surface area contributed by atoms with Crippen LogP contribution < -0.4 is 5.73 Å². The van der Waals surface area contributed by atoms with Gasteiger partial charge in [0.1, 0.15) is 36.3 Å². The summed E-state index contributed by atoms with van der Waals surface area (Å²) in [6, 6.07) is 0. The average molecular weight is 281 g/mol. The topological polar surface area (TPSA) is 124 Å². The molecule has 8 nitrogen and oxygen atoms in total. The second-order valence-electron chi connectivity index (χ2n) is 4.60. The number of aromatic nitrogens is 2. The lowest BCUT2D eigenvalue weighted by atomic mass is 10.0. The van der Waals surface area contributed by atoms with Crippen molar-refractivity contribution in [1.82, 2.24) is 9.97 Å². The Labute approximate surface area is 114 Å². The fourth-order valence-corrected chi connectivity index (χ4v) is 2.49. The average Bonchev–Trinajstić information content (AvgIpc) is 3.00. The molecule has 1 saturated heterocycles. The van der Waals surface area contributed by atoms with E-state index in [1.54, 1.807) is 0 Å². The minimum Gasteiger partial charge on any atom is -0.458 e. The zero-order valence-corrected chi connectivity index (χ0v) is 10.8. The number of furan rings is 1. The number of hydrogen-bond acceptors (Lipinski definition) is 8. The summed E-state index contributed by atoms with van der Waals surface area (Å²) >= 11 is 0. The van der Waals surface area contributed by atoms with E-state index in [0.717, 1.165) is 0 Å². The first kappa shape index (κ1) is 13.3. The van der Waals surface area contributed by atoms with Crippen molar-refractivity contribution in [2.75, 3.05) is 19.5 Å². The Hall–Kier alpha value is -1.74. The highest BCUT2D eigenvalue weighted by atomic mass is 16.6. The highest BCUT2D eigenvalue weighted by molar-refractivity contribution is 5.85. The van der Waals surface area contributed by atoms with E-state index in [1.165, 1.54) is 19.7 Å². The maximum atomic E-state index is 10.0. The normalized spacial score (nSPS) is 30.1. The van der Waals surface area contributed by atoms with Crippen molar-refractivity contribution in [3.8, 4) is 0 Å². The smallest absolute Gasteiger partial charge is 0.194 e. The Balaban J connectivity index is 2.04. The summed E-state index contributed by atoms with van der Waals surface area (Å²) in [6.07, 6.45) is -0.0771. The summed E-state index contributed by atoms with van der Waals surface area (Å²) in [6.45, 7) is -0.301. The number of ether oxygens (including phenoxy) is 2. The molecular formula is C12H15N3O5. The predicted octanol–water partition coefficient (Wildman–Crippen LogP) is -0.387. The number of aliphatic hydroxyl groups excluding tert-OH is 2. The van der Waals surface area contributed by atoms with E-state index in [-0.39, 0.29) is 12.4 Å². The third-order valence-corrected chi connectivity index (χ3v) is 3.50. The Morgan fingerprint density at radius 2 is 2.25 bits per heavy atom. The Morgan fingerprint density at radius 3 is 2.95 bits per heavy atom. The van der Waals surface area contributed by atoms with Gasteiger partial charge in [0.15, 0.2) is 11.4 Å². The molecule has 0 aromatic carbocycles. The number of aliphatic hydroxyl groups is 2. The molecule has 1 aliphatic heterocycles. The molecule has 0 aliphatic carbocycles. The standard InChI is InChI=1S/C12H15N3O5/c1-18-11-8(17)6(2-16)20-9(11)5-3-19-10-7(5)14-4-15-12(10)13/h3-4,6,8-9,11,16-17H,2H2,1H3,(H2,13,14,15)/t6-,8-,9+,11-/m1/s1. The maximum absolute atomic E-state index is 10.0. The third kappa shape index (κ3) is 1.85. The number of nitrogen functional groups attached to an aromatic ring is 1. The molecule has 3 rings (SSSR count). The van der Waals surface area contributed by atoms with Gasteiger partial charge >= 0.3 is 0 Å². The van der Waals surface area contributed by atoms with Crippen molar-refractivity contribution >= 4 is 16.9 Å². The van der Waals surface area contributed by atoms with Gasteiger partial charge in [0.05, 0.1) is 12.9 Å². The second-order valence-corrected chi connectivity index (χ2v) is 4.60. The molecule has 4 N–H and O–H groups in total. The molecule has 0 spiro atoms. The number of hydrogen-bond donors (Lipinski definition) is 3. The predicted molar refractivity (Wildman–Crippen MR) is 67.7 cm³/mol. The lowest BCUT2D eigenvalue weighted by Gasteiger charge is -2.17. The maximum Gasteiger partial charge on any atom is 0.194 e. The van der Waals surface area contributed by atoms with Gasteiger partial charge in [-0.1, -0.05) is 0 Å². The van der Waals surface area contributed by atoms with E-state index in [1.807, 2.05) is 0 Å². The van der Waals surface area contributed by atoms with Crippen LogP contribution >= 0.6 is 0 Å². The summed E-state index contributed by atoms with van der Waals surface area (Å²) in [5.74, 6) is 0.229. The summed E-state index contributed by atoms with van der Waals surface area (Å²) < 4.78 is 16.3. The fraction of sp³-hybridized carbons (Fsp3) is 0.500. The Kier molecular flexibility index (Phi) is 3.30. The number of nitrogens with two attached hydrogens (primary N) is 1. The van der Waals surface area contributed by atoms with Gasteiger partial charge in [-0.2, -0.15) is 0 Å². The van der Waals surface area contributed by atoms with Crippen molar-refractivity contribution in [2.24, 2.45) is 0 Å². The number of fused-ring (bicyclic) bond motifs is 1. The van der Waals surface area contributed by atoms with Crippen molar-refractivity contribution in [2.45, 2.75) is 24.4 Å². The van der Waals surface area contributed by atoms with Crippen LogP contribution in [0.2, 0.25) is 0 Å². The number of methoxy groups -OCH3 is 1. The van der Waals surface area contributed by atoms with Gasteiger partial charge < -0.3 is 29.8 Å². The van der Waals surface area contributed by atoms with Crippen molar-refractivity contribution in [1.29, 1.82) is 0 Å². The molecule has 0 unspecified atom stereocenters. The Bertz CT molecular complexity index is 616. The molecule has 2 aromatic heterocycles. The molecule has 0 radical (unpaired) electrons. The molecule has 2 aromatic rings. The van der Waals surface area contributed by atoms with Crippen molar-refractivity contribution in [3.05, 3.63) is 18.2 Å². The van der Waals surface area contributed by atoms with Gasteiger partial charge in [0.2, 0.25) is 0 Å². The van der Waals surface area contributed by atoms with Gasteiger partial charge in [-0.15, -0.1) is 0 Å². The summed E-state index contributed by atoms with van der Waals surface area (Å²) in [7, 11) is 1.47. The quantitative estimate of drug-likeness (QED) is 0.695. The van der Waals surface area contributed by atoms with E-state index >= 15 is 0 Å². The van der Waals surface area contributed by atoms with Gasteiger partial charge in [-0.25, -0.2) is 9.97 Å². The van der Waals surface area contributed by atoms with Gasteiger partial charge in [0, 0.05) is 12.7 Å². The van der Waals surface area contributed by atoms with E-state index in [2.05, 4.69) is 9.97 Å². The van der Waals surface area contributed by atoms with Crippen LogP contribution in [-0.2, 0) is 9.47 Å². The molecule has 20 heavy (non-hydrogen) atoms. The first-order valence-electron chi connectivity index (χ1n) is 6.12. The van der Waals surface area contributed by atoms with Crippen LogP contribution in [0.4, 0.5) is 5.82 Å². The van der Waals surface area contributed by atoms with E-state index in [0.29, 0.717) is 16.7 Å². The number of rotatable bonds is 3. The molecule has 3 heterocycles. The second kappa shape index (κ2) is 4.98. The molecule has 0 saturated carbocycles. The molecular weight excluding hydrogens is 266 g/mol. The van der Waals surface area contributed by atoms with Crippen molar-refractivity contribution in [3.63, 3.8) is 0 Å². The first-order chi connectivity index (χ1) is 9.67. The lowest BCUT2D eigenvalue weighted by Crippen LogP contribution is -2.33. The van der Waals surface area contributed by atoms with Crippen LogP contribution in [-0.4, -0.2) is 52.2 Å². The lowest BCUT2D eigenvalue weighted by molar-refractivity contribution is -0.0231. The van der Waals surface area contributed by atoms with Gasteiger partial charge in [-0.05, 0) is 0 Å². The zero-order valence-electron chi connectivity index (χ0n) is 10.8.